The lowest BCUT2D eigenvalue weighted by Crippen LogP contribution is -2.45. The van der Waals surface area contributed by atoms with Gasteiger partial charge in [0.05, 0.1) is 0 Å². The summed E-state index contributed by atoms with van der Waals surface area (Å²) >= 11 is 0. The third-order valence-corrected chi connectivity index (χ3v) is 4.24. The Morgan fingerprint density at radius 2 is 1.48 bits per heavy atom. The Hall–Kier alpha value is -3.72. The predicted octanol–water partition coefficient (Wildman–Crippen LogP) is 1.79. The molecule has 2 atom stereocenters. The Bertz CT molecular complexity index is 887. The van der Waals surface area contributed by atoms with Gasteiger partial charge in [-0.25, -0.2) is 14.4 Å². The van der Waals surface area contributed by atoms with Gasteiger partial charge in [0.15, 0.2) is 0 Å². The van der Waals surface area contributed by atoms with E-state index in [1.54, 1.807) is 54.6 Å². The molecule has 0 unspecified atom stereocenters. The molecular formula is C22H24N2O7. The lowest BCUT2D eigenvalue weighted by Gasteiger charge is -2.17. The molecule has 31 heavy (non-hydrogen) atoms. The molecule has 0 aliphatic carbocycles. The highest BCUT2D eigenvalue weighted by atomic mass is 16.6. The summed E-state index contributed by atoms with van der Waals surface area (Å²) in [4.78, 5) is 47.5. The van der Waals surface area contributed by atoms with Gasteiger partial charge in [-0.05, 0) is 24.0 Å². The zero-order valence-electron chi connectivity index (χ0n) is 16.7. The predicted molar refractivity (Wildman–Crippen MR) is 110 cm³/mol. The average Bonchev–Trinajstić information content (AvgIpc) is 2.76. The Morgan fingerprint density at radius 1 is 0.903 bits per heavy atom. The number of amides is 1. The van der Waals surface area contributed by atoms with E-state index in [0.717, 1.165) is 11.1 Å². The van der Waals surface area contributed by atoms with Crippen molar-refractivity contribution in [3.8, 4) is 0 Å². The maximum absolute atomic E-state index is 12.4. The second-order valence-electron chi connectivity index (χ2n) is 6.73. The van der Waals surface area contributed by atoms with Gasteiger partial charge < -0.3 is 25.6 Å². The molecule has 0 aromatic heterocycles. The number of esters is 2. The summed E-state index contributed by atoms with van der Waals surface area (Å²) in [5.74, 6) is -3.26. The van der Waals surface area contributed by atoms with E-state index >= 15 is 0 Å². The van der Waals surface area contributed by atoms with E-state index in [0.29, 0.717) is 0 Å². The summed E-state index contributed by atoms with van der Waals surface area (Å²) < 4.78 is 9.81. The number of ether oxygens (including phenoxy) is 2. The molecule has 0 saturated heterocycles. The average molecular weight is 428 g/mol. The minimum Gasteiger partial charge on any atom is -0.481 e. The van der Waals surface area contributed by atoms with Crippen LogP contribution in [0, 0.1) is 0 Å². The summed E-state index contributed by atoms with van der Waals surface area (Å²) in [6.45, 7) is -0.0474. The number of carboxylic acids is 1. The highest BCUT2D eigenvalue weighted by Gasteiger charge is 2.28. The van der Waals surface area contributed by atoms with Crippen molar-refractivity contribution in [1.82, 2.24) is 5.32 Å². The largest absolute Gasteiger partial charge is 0.481 e. The van der Waals surface area contributed by atoms with Crippen molar-refractivity contribution in [2.75, 3.05) is 0 Å². The van der Waals surface area contributed by atoms with E-state index in [1.165, 1.54) is 0 Å². The van der Waals surface area contributed by atoms with Crippen LogP contribution in [0.5, 0.6) is 0 Å². The Labute approximate surface area is 179 Å². The lowest BCUT2D eigenvalue weighted by molar-refractivity contribution is -0.162. The van der Waals surface area contributed by atoms with Crippen molar-refractivity contribution < 1.29 is 33.8 Å². The zero-order valence-corrected chi connectivity index (χ0v) is 16.7. The van der Waals surface area contributed by atoms with Gasteiger partial charge in [-0.3, -0.25) is 4.79 Å². The van der Waals surface area contributed by atoms with Crippen LogP contribution in [0.4, 0.5) is 4.79 Å². The van der Waals surface area contributed by atoms with Crippen LogP contribution in [0.25, 0.3) is 0 Å². The number of nitrogens with two attached hydrogens (primary N) is 1. The maximum Gasteiger partial charge on any atom is 0.408 e. The third-order valence-electron chi connectivity index (χ3n) is 4.24. The van der Waals surface area contributed by atoms with Crippen molar-refractivity contribution in [2.24, 2.45) is 5.73 Å². The highest BCUT2D eigenvalue weighted by molar-refractivity contribution is 5.92. The van der Waals surface area contributed by atoms with Crippen LogP contribution in [0.3, 0.4) is 0 Å². The van der Waals surface area contributed by atoms with Crippen LogP contribution in [0.15, 0.2) is 60.7 Å². The minimum atomic E-state index is -1.38. The summed E-state index contributed by atoms with van der Waals surface area (Å²) in [5, 5.41) is 11.1. The van der Waals surface area contributed by atoms with Crippen LogP contribution in [0.1, 0.15) is 24.0 Å². The summed E-state index contributed by atoms with van der Waals surface area (Å²) in [7, 11) is 0. The molecule has 0 aliphatic heterocycles. The van der Waals surface area contributed by atoms with Crippen LogP contribution >= 0.6 is 0 Å². The van der Waals surface area contributed by atoms with E-state index in [4.69, 9.17) is 20.3 Å². The van der Waals surface area contributed by atoms with Gasteiger partial charge in [-0.2, -0.15) is 0 Å². The lowest BCUT2D eigenvalue weighted by atomic mass is 10.1. The maximum atomic E-state index is 12.4. The second-order valence-corrected chi connectivity index (χ2v) is 6.73. The molecule has 2 aromatic rings. The molecule has 2 aromatic carbocycles. The van der Waals surface area contributed by atoms with Gasteiger partial charge in [0.1, 0.15) is 18.7 Å². The fourth-order valence-electron chi connectivity index (χ4n) is 2.62. The molecule has 0 spiro atoms. The first-order valence-corrected chi connectivity index (χ1v) is 9.59. The smallest absolute Gasteiger partial charge is 0.408 e. The number of carbonyl (C=O) groups excluding carboxylic acids is 3. The van der Waals surface area contributed by atoms with Crippen LogP contribution in [0.2, 0.25) is 0 Å². The van der Waals surface area contributed by atoms with E-state index in [2.05, 4.69) is 5.32 Å². The van der Waals surface area contributed by atoms with Crippen molar-refractivity contribution >= 4 is 24.0 Å². The van der Waals surface area contributed by atoms with Crippen LogP contribution < -0.4 is 11.1 Å². The normalized spacial score (nSPS) is 12.3. The topological polar surface area (TPSA) is 145 Å². The number of hydrogen-bond acceptors (Lipinski definition) is 7. The van der Waals surface area contributed by atoms with Gasteiger partial charge >= 0.3 is 24.0 Å². The summed E-state index contributed by atoms with van der Waals surface area (Å²) in [6.07, 6.45) is -1.50. The fraction of sp³-hybridized carbons (Fsp3) is 0.273. The molecule has 0 radical (unpaired) electrons. The molecule has 0 saturated carbocycles. The number of rotatable bonds is 10. The molecule has 0 heterocycles. The first-order valence-electron chi connectivity index (χ1n) is 9.59. The molecule has 1 amide bonds. The van der Waals surface area contributed by atoms with Crippen molar-refractivity contribution in [3.05, 3.63) is 71.8 Å². The molecule has 9 nitrogen and oxygen atoms in total. The number of benzene rings is 2. The minimum absolute atomic E-state index is 0.0474. The molecule has 0 bridgehead atoms. The molecule has 4 N–H and O–H groups in total. The second kappa shape index (κ2) is 12.1. The number of nitrogens with one attached hydrogen (secondary N) is 1. The molecule has 0 aliphatic rings. The highest BCUT2D eigenvalue weighted by Crippen LogP contribution is 2.07. The van der Waals surface area contributed by atoms with E-state index in [1.807, 2.05) is 6.07 Å². The summed E-state index contributed by atoms with van der Waals surface area (Å²) in [6, 6.07) is 15.3. The van der Waals surface area contributed by atoms with Gasteiger partial charge in [0, 0.05) is 6.42 Å². The number of aliphatic carboxylic acids is 1. The van der Waals surface area contributed by atoms with Gasteiger partial charge in [0.25, 0.3) is 0 Å². The molecular weight excluding hydrogens is 404 g/mol. The van der Waals surface area contributed by atoms with Gasteiger partial charge in [-0.15, -0.1) is 0 Å². The standard InChI is InChI=1S/C22H24N2O7/c23-17(13-15-7-3-1-4-8-15)20(27)31-21(28)18(11-12-19(25)26)24-22(29)30-14-16-9-5-2-6-10-16/h1-10,17-18H,11-14,23H2,(H,24,29)(H,25,26)/t17-,18-/m0/s1. The van der Waals surface area contributed by atoms with Crippen molar-refractivity contribution in [2.45, 2.75) is 38.0 Å². The monoisotopic (exact) mass is 428 g/mol. The zero-order chi connectivity index (χ0) is 22.6. The van der Waals surface area contributed by atoms with Crippen molar-refractivity contribution in [1.29, 1.82) is 0 Å². The van der Waals surface area contributed by atoms with Crippen molar-refractivity contribution in [3.63, 3.8) is 0 Å². The summed E-state index contributed by atoms with van der Waals surface area (Å²) in [5.41, 5.74) is 7.31. The molecule has 2 rings (SSSR count). The number of carboxylic acid groups (broad SMARTS) is 1. The van der Waals surface area contributed by atoms with Gasteiger partial charge in [-0.1, -0.05) is 60.7 Å². The van der Waals surface area contributed by atoms with E-state index < -0.39 is 42.5 Å². The first-order chi connectivity index (χ1) is 14.8. The number of carbonyl (C=O) groups is 4. The quantitative estimate of drug-likeness (QED) is 0.384. The number of alkyl carbamates (subject to hydrolysis) is 1. The van der Waals surface area contributed by atoms with Gasteiger partial charge in [0.2, 0.25) is 0 Å². The first kappa shape index (κ1) is 23.6. The van der Waals surface area contributed by atoms with E-state index in [-0.39, 0.29) is 19.4 Å². The SMILES string of the molecule is N[C@@H](Cc1ccccc1)C(=O)OC(=O)[C@H](CCC(=O)O)NC(=O)OCc1ccccc1. The Kier molecular flexibility index (Phi) is 9.18. The third kappa shape index (κ3) is 8.67. The molecule has 164 valence electrons. The van der Waals surface area contributed by atoms with Crippen LogP contribution in [-0.2, 0) is 36.9 Å². The molecule has 0 fully saturated rings. The molecule has 9 heteroatoms. The Morgan fingerprint density at radius 3 is 2.06 bits per heavy atom. The number of hydrogen-bond donors (Lipinski definition) is 3. The Balaban J connectivity index is 1.92. The van der Waals surface area contributed by atoms with E-state index in [9.17, 15) is 19.2 Å². The fourth-order valence-corrected chi connectivity index (χ4v) is 2.62. The van der Waals surface area contributed by atoms with Crippen LogP contribution in [-0.4, -0.2) is 41.2 Å².